The third-order valence-electron chi connectivity index (χ3n) is 3.77. The molecule has 1 aliphatic rings. The van der Waals surface area contributed by atoms with Crippen LogP contribution in [0.2, 0.25) is 0 Å². The van der Waals surface area contributed by atoms with E-state index in [0.717, 1.165) is 36.5 Å². The van der Waals surface area contributed by atoms with Crippen LogP contribution in [0.25, 0.3) is 11.0 Å². The third-order valence-corrected chi connectivity index (χ3v) is 3.77. The van der Waals surface area contributed by atoms with Crippen molar-refractivity contribution in [3.63, 3.8) is 0 Å². The van der Waals surface area contributed by atoms with Crippen LogP contribution in [-0.4, -0.2) is 12.6 Å². The van der Waals surface area contributed by atoms with Gasteiger partial charge in [0.05, 0.1) is 6.54 Å². The third kappa shape index (κ3) is 1.93. The Morgan fingerprint density at radius 3 is 2.79 bits per heavy atom. The molecule has 0 radical (unpaired) electrons. The van der Waals surface area contributed by atoms with Crippen LogP contribution in [0.5, 0.6) is 5.75 Å². The predicted molar refractivity (Wildman–Crippen MR) is 76.8 cm³/mol. The first kappa shape index (κ1) is 12.5. The number of benzene rings is 1. The van der Waals surface area contributed by atoms with E-state index in [4.69, 9.17) is 9.15 Å². The molecule has 3 heteroatoms. The zero-order valence-electron chi connectivity index (χ0n) is 12.1. The van der Waals surface area contributed by atoms with E-state index in [1.807, 2.05) is 7.05 Å². The number of ether oxygens (including phenoxy) is 1. The summed E-state index contributed by atoms with van der Waals surface area (Å²) in [6.45, 7) is 7.17. The topological polar surface area (TPSA) is 34.4 Å². The van der Waals surface area contributed by atoms with E-state index in [2.05, 4.69) is 38.2 Å². The Morgan fingerprint density at radius 1 is 1.32 bits per heavy atom. The molecular weight excluding hydrogens is 238 g/mol. The maximum absolute atomic E-state index is 6.08. The van der Waals surface area contributed by atoms with Crippen LogP contribution in [0.3, 0.4) is 0 Å². The maximum Gasteiger partial charge on any atom is 0.176 e. The minimum Gasteiger partial charge on any atom is -0.483 e. The smallest absolute Gasteiger partial charge is 0.176 e. The summed E-state index contributed by atoms with van der Waals surface area (Å²) in [5.74, 6) is 1.97. The quantitative estimate of drug-likeness (QED) is 0.917. The van der Waals surface area contributed by atoms with E-state index in [1.54, 1.807) is 0 Å². The number of rotatable bonds is 3. The van der Waals surface area contributed by atoms with Gasteiger partial charge in [0.25, 0.3) is 0 Å². The minimum absolute atomic E-state index is 0.126. The average Bonchev–Trinajstić information content (AvgIpc) is 2.84. The molecule has 102 valence electrons. The molecule has 0 amide bonds. The molecule has 2 heterocycles. The van der Waals surface area contributed by atoms with E-state index in [-0.39, 0.29) is 5.60 Å². The Kier molecular flexibility index (Phi) is 2.82. The van der Waals surface area contributed by atoms with Gasteiger partial charge in [0.15, 0.2) is 11.3 Å². The van der Waals surface area contributed by atoms with Gasteiger partial charge in [-0.3, -0.25) is 0 Å². The normalized spacial score (nSPS) is 16.6. The summed E-state index contributed by atoms with van der Waals surface area (Å²) < 4.78 is 12.2. The van der Waals surface area contributed by atoms with Gasteiger partial charge >= 0.3 is 0 Å². The van der Waals surface area contributed by atoms with Crippen molar-refractivity contribution in [2.24, 2.45) is 0 Å². The summed E-state index contributed by atoms with van der Waals surface area (Å²) in [5.41, 5.74) is 3.34. The maximum atomic E-state index is 6.08. The number of nitrogens with one attached hydrogen (secondary N) is 1. The number of hydrogen-bond donors (Lipinski definition) is 1. The van der Waals surface area contributed by atoms with E-state index < -0.39 is 0 Å². The highest BCUT2D eigenvalue weighted by atomic mass is 16.5. The van der Waals surface area contributed by atoms with Crippen molar-refractivity contribution in [3.05, 3.63) is 29.0 Å². The van der Waals surface area contributed by atoms with Crippen molar-refractivity contribution in [2.75, 3.05) is 7.05 Å². The molecular formula is C16H21NO2. The highest BCUT2D eigenvalue weighted by Crippen LogP contribution is 2.43. The van der Waals surface area contributed by atoms with Crippen molar-refractivity contribution in [1.29, 1.82) is 0 Å². The van der Waals surface area contributed by atoms with Crippen LogP contribution in [-0.2, 0) is 19.4 Å². The van der Waals surface area contributed by atoms with E-state index >= 15 is 0 Å². The lowest BCUT2D eigenvalue weighted by molar-refractivity contribution is 0.138. The van der Waals surface area contributed by atoms with Crippen molar-refractivity contribution in [3.8, 4) is 5.75 Å². The first-order valence-corrected chi connectivity index (χ1v) is 6.95. The molecule has 1 aromatic carbocycles. The summed E-state index contributed by atoms with van der Waals surface area (Å²) in [4.78, 5) is 0. The second-order valence-corrected chi connectivity index (χ2v) is 5.86. The summed E-state index contributed by atoms with van der Waals surface area (Å²) >= 11 is 0. The second kappa shape index (κ2) is 4.27. The van der Waals surface area contributed by atoms with Gasteiger partial charge < -0.3 is 14.5 Å². The van der Waals surface area contributed by atoms with Crippen molar-refractivity contribution in [2.45, 2.75) is 45.8 Å². The van der Waals surface area contributed by atoms with Crippen LogP contribution < -0.4 is 10.1 Å². The molecule has 0 saturated carbocycles. The average molecular weight is 259 g/mol. The molecule has 2 aromatic rings. The molecule has 0 spiro atoms. The lowest BCUT2D eigenvalue weighted by Crippen LogP contribution is -2.24. The summed E-state index contributed by atoms with van der Waals surface area (Å²) in [5, 5.41) is 4.37. The zero-order chi connectivity index (χ0) is 13.6. The molecule has 3 nitrogen and oxygen atoms in total. The number of fused-ring (bicyclic) bond motifs is 3. The predicted octanol–water partition coefficient (Wildman–Crippen LogP) is 3.43. The van der Waals surface area contributed by atoms with Crippen LogP contribution in [0.15, 0.2) is 16.5 Å². The molecule has 3 rings (SSSR count). The molecule has 0 bridgehead atoms. The first-order chi connectivity index (χ1) is 9.05. The first-order valence-electron chi connectivity index (χ1n) is 6.95. The van der Waals surface area contributed by atoms with Crippen LogP contribution in [0.1, 0.15) is 37.7 Å². The van der Waals surface area contributed by atoms with Gasteiger partial charge in [-0.1, -0.05) is 19.1 Å². The highest BCUT2D eigenvalue weighted by molar-refractivity contribution is 5.89. The Morgan fingerprint density at radius 2 is 2.11 bits per heavy atom. The zero-order valence-corrected chi connectivity index (χ0v) is 12.1. The number of furan rings is 1. The fraction of sp³-hybridized carbons (Fsp3) is 0.500. The van der Waals surface area contributed by atoms with Crippen LogP contribution >= 0.6 is 0 Å². The molecule has 0 fully saturated rings. The molecule has 1 N–H and O–H groups in total. The van der Waals surface area contributed by atoms with Crippen molar-refractivity contribution in [1.82, 2.24) is 5.32 Å². The van der Waals surface area contributed by atoms with Gasteiger partial charge in [-0.25, -0.2) is 0 Å². The lowest BCUT2D eigenvalue weighted by atomic mass is 10.00. The molecule has 1 aromatic heterocycles. The van der Waals surface area contributed by atoms with Gasteiger partial charge in [0.2, 0.25) is 0 Å². The fourth-order valence-electron chi connectivity index (χ4n) is 2.99. The van der Waals surface area contributed by atoms with E-state index in [9.17, 15) is 0 Å². The van der Waals surface area contributed by atoms with E-state index in [1.165, 1.54) is 16.5 Å². The van der Waals surface area contributed by atoms with E-state index in [0.29, 0.717) is 0 Å². The summed E-state index contributed by atoms with van der Waals surface area (Å²) in [6, 6.07) is 4.37. The molecule has 0 saturated heterocycles. The van der Waals surface area contributed by atoms with Gasteiger partial charge in [-0.05, 0) is 27.3 Å². The standard InChI is InChI=1S/C16H21NO2/c1-5-11-12-7-6-10-8-16(2,3)19-14(10)15(12)18-13(11)9-17-4/h6-7,17H,5,8-9H2,1-4H3. The second-order valence-electron chi connectivity index (χ2n) is 5.86. The van der Waals surface area contributed by atoms with Crippen molar-refractivity contribution < 1.29 is 9.15 Å². The molecule has 1 aliphatic heterocycles. The Hall–Kier alpha value is -1.48. The van der Waals surface area contributed by atoms with Crippen LogP contribution in [0.4, 0.5) is 0 Å². The Labute approximate surface area is 113 Å². The minimum atomic E-state index is -0.126. The van der Waals surface area contributed by atoms with Crippen molar-refractivity contribution >= 4 is 11.0 Å². The number of aryl methyl sites for hydroxylation is 1. The summed E-state index contributed by atoms with van der Waals surface area (Å²) in [6.07, 6.45) is 1.92. The lowest BCUT2D eigenvalue weighted by Gasteiger charge is -2.16. The fourth-order valence-corrected chi connectivity index (χ4v) is 2.99. The Bertz CT molecular complexity index is 625. The monoisotopic (exact) mass is 259 g/mol. The SMILES string of the molecule is CCc1c(CNC)oc2c3c(ccc12)CC(C)(C)O3. The number of hydrogen-bond acceptors (Lipinski definition) is 3. The van der Waals surface area contributed by atoms with Gasteiger partial charge in [0.1, 0.15) is 11.4 Å². The Balaban J connectivity index is 2.21. The summed E-state index contributed by atoms with van der Waals surface area (Å²) in [7, 11) is 1.94. The molecule has 0 atom stereocenters. The van der Waals surface area contributed by atoms with Gasteiger partial charge in [-0.2, -0.15) is 0 Å². The van der Waals surface area contributed by atoms with Gasteiger partial charge in [0, 0.05) is 22.9 Å². The molecule has 0 unspecified atom stereocenters. The van der Waals surface area contributed by atoms with Crippen LogP contribution in [0, 0.1) is 0 Å². The highest BCUT2D eigenvalue weighted by Gasteiger charge is 2.33. The van der Waals surface area contributed by atoms with Gasteiger partial charge in [-0.15, -0.1) is 0 Å². The molecule has 0 aliphatic carbocycles. The molecule has 19 heavy (non-hydrogen) atoms. The largest absolute Gasteiger partial charge is 0.483 e.